The summed E-state index contributed by atoms with van der Waals surface area (Å²) >= 11 is 3.28. The molecule has 1 aromatic heterocycles. The number of carbonyl (C=O) groups excluding carboxylic acids is 1. The highest BCUT2D eigenvalue weighted by atomic mass is 79.9. The van der Waals surface area contributed by atoms with Gasteiger partial charge < -0.3 is 4.90 Å². The van der Waals surface area contributed by atoms with E-state index in [0.29, 0.717) is 11.6 Å². The van der Waals surface area contributed by atoms with Gasteiger partial charge in [0.2, 0.25) is 0 Å². The summed E-state index contributed by atoms with van der Waals surface area (Å²) in [5, 5.41) is 0. The SMILES string of the molecule is CCC1CCCCN1C(=O)c1ccc(Br)nc1. The van der Waals surface area contributed by atoms with Crippen molar-refractivity contribution < 1.29 is 4.79 Å². The summed E-state index contributed by atoms with van der Waals surface area (Å²) in [7, 11) is 0. The van der Waals surface area contributed by atoms with Gasteiger partial charge in [-0.15, -0.1) is 0 Å². The number of aromatic nitrogens is 1. The van der Waals surface area contributed by atoms with Gasteiger partial charge in [-0.2, -0.15) is 0 Å². The van der Waals surface area contributed by atoms with Crippen LogP contribution in [0.2, 0.25) is 0 Å². The van der Waals surface area contributed by atoms with Crippen LogP contribution in [-0.4, -0.2) is 28.4 Å². The molecule has 4 heteroatoms. The molecule has 0 spiro atoms. The predicted octanol–water partition coefficient (Wildman–Crippen LogP) is 3.25. The maximum absolute atomic E-state index is 12.4. The third-order valence-electron chi connectivity index (χ3n) is 3.33. The number of amides is 1. The molecule has 2 heterocycles. The van der Waals surface area contributed by atoms with Gasteiger partial charge in [0, 0.05) is 18.8 Å². The zero-order chi connectivity index (χ0) is 12.3. The van der Waals surface area contributed by atoms with Crippen molar-refractivity contribution in [2.45, 2.75) is 38.6 Å². The number of rotatable bonds is 2. The predicted molar refractivity (Wildman–Crippen MR) is 70.9 cm³/mol. The fraction of sp³-hybridized carbons (Fsp3) is 0.538. The van der Waals surface area contributed by atoms with E-state index in [9.17, 15) is 4.79 Å². The van der Waals surface area contributed by atoms with Crippen LogP contribution in [0.1, 0.15) is 43.0 Å². The van der Waals surface area contributed by atoms with Gasteiger partial charge in [-0.3, -0.25) is 4.79 Å². The Labute approximate surface area is 110 Å². The molecule has 0 saturated carbocycles. The minimum Gasteiger partial charge on any atom is -0.336 e. The molecule has 1 aliphatic heterocycles. The van der Waals surface area contributed by atoms with E-state index in [-0.39, 0.29) is 5.91 Å². The van der Waals surface area contributed by atoms with Crippen molar-refractivity contribution in [3.63, 3.8) is 0 Å². The van der Waals surface area contributed by atoms with Crippen molar-refractivity contribution in [3.05, 3.63) is 28.5 Å². The molecule has 3 nitrogen and oxygen atoms in total. The molecule has 17 heavy (non-hydrogen) atoms. The monoisotopic (exact) mass is 296 g/mol. The molecule has 1 unspecified atom stereocenters. The molecule has 92 valence electrons. The van der Waals surface area contributed by atoms with Crippen molar-refractivity contribution in [1.29, 1.82) is 0 Å². The maximum Gasteiger partial charge on any atom is 0.255 e. The molecule has 1 aromatic rings. The molecule has 0 radical (unpaired) electrons. The average molecular weight is 297 g/mol. The maximum atomic E-state index is 12.4. The number of hydrogen-bond donors (Lipinski definition) is 0. The first-order chi connectivity index (χ1) is 8.22. The molecule has 2 rings (SSSR count). The van der Waals surface area contributed by atoms with Crippen molar-refractivity contribution in [3.8, 4) is 0 Å². The van der Waals surface area contributed by atoms with E-state index in [0.717, 1.165) is 30.4 Å². The van der Waals surface area contributed by atoms with Gasteiger partial charge in [0.25, 0.3) is 5.91 Å². The third kappa shape index (κ3) is 2.86. The van der Waals surface area contributed by atoms with Crippen LogP contribution in [0.3, 0.4) is 0 Å². The van der Waals surface area contributed by atoms with Crippen LogP contribution in [0.15, 0.2) is 22.9 Å². The highest BCUT2D eigenvalue weighted by Crippen LogP contribution is 2.21. The summed E-state index contributed by atoms with van der Waals surface area (Å²) in [6.45, 7) is 3.03. The first-order valence-electron chi connectivity index (χ1n) is 6.15. The Kier molecular flexibility index (Phi) is 4.15. The Morgan fingerprint density at radius 2 is 2.35 bits per heavy atom. The number of carbonyl (C=O) groups is 1. The van der Waals surface area contributed by atoms with E-state index in [1.807, 2.05) is 17.0 Å². The molecule has 0 bridgehead atoms. The van der Waals surface area contributed by atoms with E-state index < -0.39 is 0 Å². The van der Waals surface area contributed by atoms with Crippen LogP contribution in [0.4, 0.5) is 0 Å². The highest BCUT2D eigenvalue weighted by molar-refractivity contribution is 9.10. The first kappa shape index (κ1) is 12.6. The molecule has 1 aliphatic rings. The summed E-state index contributed by atoms with van der Waals surface area (Å²) in [4.78, 5) is 18.5. The molecule has 1 fully saturated rings. The second-order valence-electron chi connectivity index (χ2n) is 4.43. The molecule has 0 N–H and O–H groups in total. The largest absolute Gasteiger partial charge is 0.336 e. The number of hydrogen-bond acceptors (Lipinski definition) is 2. The molecule has 1 saturated heterocycles. The number of likely N-dealkylation sites (tertiary alicyclic amines) is 1. The van der Waals surface area contributed by atoms with E-state index in [1.165, 1.54) is 6.42 Å². The Balaban J connectivity index is 2.15. The number of nitrogens with zero attached hydrogens (tertiary/aromatic N) is 2. The molecular weight excluding hydrogens is 280 g/mol. The van der Waals surface area contributed by atoms with Crippen LogP contribution in [0.5, 0.6) is 0 Å². The summed E-state index contributed by atoms with van der Waals surface area (Å²) in [6, 6.07) is 4.05. The summed E-state index contributed by atoms with van der Waals surface area (Å²) in [6.07, 6.45) is 6.17. The lowest BCUT2D eigenvalue weighted by Gasteiger charge is -2.35. The lowest BCUT2D eigenvalue weighted by atomic mass is 9.99. The normalized spacial score (nSPS) is 20.4. The molecule has 0 aliphatic carbocycles. The third-order valence-corrected chi connectivity index (χ3v) is 3.80. The standard InChI is InChI=1S/C13H17BrN2O/c1-2-11-5-3-4-8-16(11)13(17)10-6-7-12(14)15-9-10/h6-7,9,11H,2-5,8H2,1H3. The van der Waals surface area contributed by atoms with Crippen LogP contribution < -0.4 is 0 Å². The van der Waals surface area contributed by atoms with Crippen LogP contribution >= 0.6 is 15.9 Å². The van der Waals surface area contributed by atoms with Gasteiger partial charge >= 0.3 is 0 Å². The fourth-order valence-electron chi connectivity index (χ4n) is 2.36. The minimum absolute atomic E-state index is 0.122. The minimum atomic E-state index is 0.122. The van der Waals surface area contributed by atoms with E-state index in [1.54, 1.807) is 6.20 Å². The van der Waals surface area contributed by atoms with Crippen molar-refractivity contribution in [2.75, 3.05) is 6.54 Å². The van der Waals surface area contributed by atoms with E-state index in [4.69, 9.17) is 0 Å². The quantitative estimate of drug-likeness (QED) is 0.785. The Morgan fingerprint density at radius 3 is 3.00 bits per heavy atom. The van der Waals surface area contributed by atoms with Crippen molar-refractivity contribution in [1.82, 2.24) is 9.88 Å². The summed E-state index contributed by atoms with van der Waals surface area (Å²) < 4.78 is 0.764. The van der Waals surface area contributed by atoms with Crippen LogP contribution in [0.25, 0.3) is 0 Å². The fourth-order valence-corrected chi connectivity index (χ4v) is 2.60. The number of halogens is 1. The van der Waals surface area contributed by atoms with Gasteiger partial charge in [-0.25, -0.2) is 4.98 Å². The molecule has 1 atom stereocenters. The highest BCUT2D eigenvalue weighted by Gasteiger charge is 2.26. The van der Waals surface area contributed by atoms with E-state index in [2.05, 4.69) is 27.8 Å². The van der Waals surface area contributed by atoms with Crippen LogP contribution in [0, 0.1) is 0 Å². The number of piperidine rings is 1. The van der Waals surface area contributed by atoms with Gasteiger partial charge in [0.05, 0.1) is 5.56 Å². The lowest BCUT2D eigenvalue weighted by Crippen LogP contribution is -2.43. The topological polar surface area (TPSA) is 33.2 Å². The second-order valence-corrected chi connectivity index (χ2v) is 5.24. The van der Waals surface area contributed by atoms with Crippen molar-refractivity contribution >= 4 is 21.8 Å². The zero-order valence-corrected chi connectivity index (χ0v) is 11.6. The van der Waals surface area contributed by atoms with Gasteiger partial charge in [0.1, 0.15) is 4.60 Å². The lowest BCUT2D eigenvalue weighted by molar-refractivity contribution is 0.0607. The zero-order valence-electron chi connectivity index (χ0n) is 10.0. The van der Waals surface area contributed by atoms with Crippen molar-refractivity contribution in [2.24, 2.45) is 0 Å². The smallest absolute Gasteiger partial charge is 0.255 e. The molecular formula is C13H17BrN2O. The second kappa shape index (κ2) is 5.63. The summed E-state index contributed by atoms with van der Waals surface area (Å²) in [5.41, 5.74) is 0.688. The number of pyridine rings is 1. The van der Waals surface area contributed by atoms with Gasteiger partial charge in [0.15, 0.2) is 0 Å². The summed E-state index contributed by atoms with van der Waals surface area (Å²) in [5.74, 6) is 0.122. The average Bonchev–Trinajstić information content (AvgIpc) is 2.39. The van der Waals surface area contributed by atoms with Crippen LogP contribution in [-0.2, 0) is 0 Å². The molecule has 0 aromatic carbocycles. The first-order valence-corrected chi connectivity index (χ1v) is 6.94. The Bertz CT molecular complexity index is 391. The Hall–Kier alpha value is -0.900. The van der Waals surface area contributed by atoms with Gasteiger partial charge in [-0.05, 0) is 53.7 Å². The van der Waals surface area contributed by atoms with E-state index >= 15 is 0 Å². The Morgan fingerprint density at radius 1 is 1.53 bits per heavy atom. The molecule has 1 amide bonds. The van der Waals surface area contributed by atoms with Gasteiger partial charge in [-0.1, -0.05) is 6.92 Å².